The van der Waals surface area contributed by atoms with Gasteiger partial charge >= 0.3 is 6.09 Å². The zero-order chi connectivity index (χ0) is 27.6. The lowest BCUT2D eigenvalue weighted by atomic mass is 9.88. The first-order valence-corrected chi connectivity index (χ1v) is 14.1. The second-order valence-electron chi connectivity index (χ2n) is 12.8. The number of likely N-dealkylation sites (tertiary alicyclic amines) is 1. The number of anilines is 1. The average Bonchev–Trinajstić information content (AvgIpc) is 3.45. The molecule has 1 unspecified atom stereocenters. The molecule has 1 amide bonds. The van der Waals surface area contributed by atoms with E-state index in [1.165, 1.54) is 6.42 Å². The van der Waals surface area contributed by atoms with Crippen LogP contribution in [0.4, 0.5) is 14.9 Å². The Labute approximate surface area is 226 Å². The number of piperidine rings is 2. The highest BCUT2D eigenvalue weighted by Gasteiger charge is 2.52. The number of nitrogens with zero attached hydrogens (tertiary/aromatic N) is 4. The van der Waals surface area contributed by atoms with Crippen LogP contribution in [0.3, 0.4) is 0 Å². The molecule has 3 fully saturated rings. The van der Waals surface area contributed by atoms with E-state index in [0.29, 0.717) is 11.5 Å². The number of rotatable bonds is 8. The van der Waals surface area contributed by atoms with Gasteiger partial charge < -0.3 is 14.5 Å². The summed E-state index contributed by atoms with van der Waals surface area (Å²) >= 11 is 0. The van der Waals surface area contributed by atoms with E-state index in [-0.39, 0.29) is 36.4 Å². The molecule has 2 saturated heterocycles. The zero-order valence-corrected chi connectivity index (χ0v) is 23.6. The highest BCUT2D eigenvalue weighted by atomic mass is 19.1. The number of carbonyl (C=O) groups excluding carboxylic acids is 2. The Morgan fingerprint density at radius 3 is 2.66 bits per heavy atom. The molecule has 38 heavy (non-hydrogen) atoms. The molecule has 5 atom stereocenters. The van der Waals surface area contributed by atoms with Crippen LogP contribution in [0.1, 0.15) is 64.9 Å². The van der Waals surface area contributed by atoms with Crippen LogP contribution in [0.5, 0.6) is 0 Å². The summed E-state index contributed by atoms with van der Waals surface area (Å²) in [6.07, 6.45) is 4.57. The third-order valence-electron chi connectivity index (χ3n) is 8.16. The number of ether oxygens (including phenoxy) is 1. The van der Waals surface area contributed by atoms with Crippen molar-refractivity contribution in [2.24, 2.45) is 17.8 Å². The first kappa shape index (κ1) is 28.4. The van der Waals surface area contributed by atoms with E-state index in [4.69, 9.17) is 4.74 Å². The van der Waals surface area contributed by atoms with Gasteiger partial charge in [0, 0.05) is 37.8 Å². The number of benzene rings is 1. The summed E-state index contributed by atoms with van der Waals surface area (Å²) in [6, 6.07) is 6.96. The number of carbonyl (C=O) groups is 2. The molecule has 0 N–H and O–H groups in total. The van der Waals surface area contributed by atoms with Gasteiger partial charge in [0.25, 0.3) is 0 Å². The molecule has 2 aliphatic heterocycles. The lowest BCUT2D eigenvalue weighted by Crippen LogP contribution is -2.51. The molecule has 0 radical (unpaired) electrons. The number of Topliss-reactive ketones (excluding diaryl/α,β-unsaturated/α-hetero) is 1. The number of amides is 1. The molecule has 1 saturated carbocycles. The van der Waals surface area contributed by atoms with Gasteiger partial charge in [-0.25, -0.2) is 9.18 Å². The Bertz CT molecular complexity index is 1060. The summed E-state index contributed by atoms with van der Waals surface area (Å²) in [5.41, 5.74) is 0.675. The van der Waals surface area contributed by atoms with Gasteiger partial charge in [-0.3, -0.25) is 9.69 Å². The predicted octanol–water partition coefficient (Wildman–Crippen LogP) is 5.03. The van der Waals surface area contributed by atoms with E-state index in [1.807, 2.05) is 26.8 Å². The van der Waals surface area contributed by atoms with Crippen LogP contribution in [0.2, 0.25) is 0 Å². The highest BCUT2D eigenvalue weighted by Crippen LogP contribution is 2.44. The van der Waals surface area contributed by atoms with Gasteiger partial charge in [0.05, 0.1) is 18.0 Å². The van der Waals surface area contributed by atoms with Crippen LogP contribution >= 0.6 is 0 Å². The molecular weight excluding hydrogens is 483 g/mol. The van der Waals surface area contributed by atoms with Crippen molar-refractivity contribution in [1.82, 2.24) is 9.80 Å². The Balaban J connectivity index is 1.40. The van der Waals surface area contributed by atoms with Crippen LogP contribution < -0.4 is 4.90 Å². The molecule has 2 heterocycles. The summed E-state index contributed by atoms with van der Waals surface area (Å²) in [6.45, 7) is 8.28. The molecule has 0 spiro atoms. The molecule has 2 bridgehead atoms. The lowest BCUT2D eigenvalue weighted by Gasteiger charge is -2.36. The topological polar surface area (TPSA) is 76.9 Å². The van der Waals surface area contributed by atoms with Crippen molar-refractivity contribution < 1.29 is 18.7 Å². The van der Waals surface area contributed by atoms with Gasteiger partial charge in [-0.05, 0) is 103 Å². The number of hydrogen-bond acceptors (Lipinski definition) is 6. The molecule has 7 nitrogen and oxygen atoms in total. The number of hydrogen-bond donors (Lipinski definition) is 0. The fourth-order valence-electron chi connectivity index (χ4n) is 6.64. The summed E-state index contributed by atoms with van der Waals surface area (Å²) in [7, 11) is 4.16. The van der Waals surface area contributed by atoms with Gasteiger partial charge in [-0.2, -0.15) is 5.26 Å². The first-order valence-electron chi connectivity index (χ1n) is 14.1. The molecule has 1 aliphatic carbocycles. The zero-order valence-electron chi connectivity index (χ0n) is 23.6. The van der Waals surface area contributed by atoms with Crippen LogP contribution in [0.15, 0.2) is 18.2 Å². The summed E-state index contributed by atoms with van der Waals surface area (Å²) < 4.78 is 20.8. The highest BCUT2D eigenvalue weighted by molar-refractivity contribution is 5.89. The molecular formula is C30H43FN4O3. The molecule has 3 aliphatic rings. The number of nitriles is 1. The van der Waals surface area contributed by atoms with Crippen molar-refractivity contribution in [2.75, 3.05) is 38.6 Å². The molecule has 0 aromatic heterocycles. The van der Waals surface area contributed by atoms with Crippen molar-refractivity contribution in [1.29, 1.82) is 5.26 Å². The average molecular weight is 527 g/mol. The van der Waals surface area contributed by atoms with Crippen molar-refractivity contribution >= 4 is 17.6 Å². The summed E-state index contributed by atoms with van der Waals surface area (Å²) in [5.74, 6) is -0.438. The maximum Gasteiger partial charge on any atom is 0.411 e. The quantitative estimate of drug-likeness (QED) is 0.473. The maximum absolute atomic E-state index is 15.2. The maximum atomic E-state index is 15.2. The number of halogens is 1. The van der Waals surface area contributed by atoms with Crippen LogP contribution in [-0.2, 0) is 16.0 Å². The van der Waals surface area contributed by atoms with Crippen molar-refractivity contribution in [3.05, 3.63) is 29.6 Å². The monoisotopic (exact) mass is 526 g/mol. The van der Waals surface area contributed by atoms with Crippen molar-refractivity contribution in [3.63, 3.8) is 0 Å². The molecule has 4 rings (SSSR count). The molecule has 208 valence electrons. The fraction of sp³-hybridized carbons (Fsp3) is 0.700. The second kappa shape index (κ2) is 11.6. The normalized spacial score (nSPS) is 25.9. The summed E-state index contributed by atoms with van der Waals surface area (Å²) in [5, 5.41) is 9.85. The van der Waals surface area contributed by atoms with Crippen molar-refractivity contribution in [2.45, 2.75) is 83.4 Å². The van der Waals surface area contributed by atoms with E-state index in [2.05, 4.69) is 30.0 Å². The largest absolute Gasteiger partial charge is 0.444 e. The molecule has 8 heteroatoms. The predicted molar refractivity (Wildman–Crippen MR) is 145 cm³/mol. The smallest absolute Gasteiger partial charge is 0.411 e. The SMILES string of the molecule is CN(C)CC1CCCN(c2ccc(C[C@@H](C#N)CC(=O)[C@@H]3[C@H]4CC[C@H](C4)N3C(=O)OC(C)(C)C)c(F)c2)C1. The Kier molecular flexibility index (Phi) is 8.66. The second-order valence-corrected chi connectivity index (χ2v) is 12.8. The Morgan fingerprint density at radius 2 is 2.00 bits per heavy atom. The fourth-order valence-corrected chi connectivity index (χ4v) is 6.64. The first-order chi connectivity index (χ1) is 17.9. The van der Waals surface area contributed by atoms with Gasteiger partial charge in [0.2, 0.25) is 0 Å². The Hall–Kier alpha value is -2.66. The lowest BCUT2D eigenvalue weighted by molar-refractivity contribution is -0.126. The standard InChI is InChI=1S/C30H43FN4O3/c1-30(2,3)38-29(37)35-25-11-9-23(15-25)28(35)27(36)14-21(17-32)13-22-8-10-24(16-26(22)31)34-12-6-7-20(19-34)18-33(4)5/h8,10,16,20-21,23,25,28H,6-7,9,11-15,18-19H2,1-5H3/t20?,21-,23+,25-,28+/m1/s1. The minimum atomic E-state index is -0.651. The Morgan fingerprint density at radius 1 is 1.24 bits per heavy atom. The van der Waals surface area contributed by atoms with Crippen LogP contribution in [0, 0.1) is 34.9 Å². The third-order valence-corrected chi connectivity index (χ3v) is 8.16. The minimum absolute atomic E-state index is 0.00319. The van der Waals surface area contributed by atoms with Gasteiger partial charge in [-0.15, -0.1) is 0 Å². The minimum Gasteiger partial charge on any atom is -0.444 e. The van der Waals surface area contributed by atoms with Crippen molar-refractivity contribution in [3.8, 4) is 6.07 Å². The molecule has 1 aromatic carbocycles. The third kappa shape index (κ3) is 6.66. The van der Waals surface area contributed by atoms with E-state index in [9.17, 15) is 14.9 Å². The van der Waals surface area contributed by atoms with E-state index >= 15 is 4.39 Å². The number of ketones is 1. The number of fused-ring (bicyclic) bond motifs is 2. The van der Waals surface area contributed by atoms with E-state index < -0.39 is 23.7 Å². The molecule has 1 aromatic rings. The van der Waals surface area contributed by atoms with E-state index in [1.54, 1.807) is 17.0 Å². The van der Waals surface area contributed by atoms with Gasteiger partial charge in [-0.1, -0.05) is 6.07 Å². The summed E-state index contributed by atoms with van der Waals surface area (Å²) in [4.78, 5) is 32.4. The van der Waals surface area contributed by atoms with Gasteiger partial charge in [0.15, 0.2) is 5.78 Å². The van der Waals surface area contributed by atoms with Crippen LogP contribution in [-0.4, -0.2) is 73.1 Å². The van der Waals surface area contributed by atoms with E-state index in [0.717, 1.165) is 51.0 Å². The van der Waals surface area contributed by atoms with Gasteiger partial charge in [0.1, 0.15) is 11.4 Å². The van der Waals surface area contributed by atoms with Crippen LogP contribution in [0.25, 0.3) is 0 Å².